The lowest BCUT2D eigenvalue weighted by atomic mass is 9.78. The molecule has 2 rings (SSSR count). The molecule has 2 atom stereocenters. The lowest BCUT2D eigenvalue weighted by Crippen LogP contribution is -2.41. The van der Waals surface area contributed by atoms with Gasteiger partial charge in [-0.05, 0) is 37.0 Å². The third kappa shape index (κ3) is 1.72. The van der Waals surface area contributed by atoms with E-state index in [4.69, 9.17) is 0 Å². The SMILES string of the molecule is CCC1CCC2(CCC(=O)NC2)C1. The van der Waals surface area contributed by atoms with Crippen LogP contribution in [0.1, 0.15) is 45.4 Å². The summed E-state index contributed by atoms with van der Waals surface area (Å²) in [6, 6.07) is 0. The Morgan fingerprint density at radius 2 is 2.38 bits per heavy atom. The summed E-state index contributed by atoms with van der Waals surface area (Å²) in [5, 5.41) is 3.02. The molecule has 1 spiro atoms. The molecule has 1 N–H and O–H groups in total. The van der Waals surface area contributed by atoms with Crippen LogP contribution in [0.25, 0.3) is 0 Å². The number of rotatable bonds is 1. The monoisotopic (exact) mass is 181 g/mol. The normalized spacial score (nSPS) is 39.5. The Morgan fingerprint density at radius 3 is 2.92 bits per heavy atom. The van der Waals surface area contributed by atoms with Crippen LogP contribution in [0.5, 0.6) is 0 Å². The molecule has 1 heterocycles. The van der Waals surface area contributed by atoms with Crippen LogP contribution in [0, 0.1) is 11.3 Å². The maximum atomic E-state index is 11.0. The number of carbonyl (C=O) groups excluding carboxylic acids is 1. The quantitative estimate of drug-likeness (QED) is 0.659. The van der Waals surface area contributed by atoms with Crippen molar-refractivity contribution in [3.63, 3.8) is 0 Å². The van der Waals surface area contributed by atoms with E-state index < -0.39 is 0 Å². The van der Waals surface area contributed by atoms with Gasteiger partial charge in [0.25, 0.3) is 0 Å². The van der Waals surface area contributed by atoms with Crippen molar-refractivity contribution in [3.05, 3.63) is 0 Å². The molecule has 0 radical (unpaired) electrons. The highest BCUT2D eigenvalue weighted by molar-refractivity contribution is 5.76. The number of amides is 1. The van der Waals surface area contributed by atoms with Gasteiger partial charge in [-0.15, -0.1) is 0 Å². The first-order valence-corrected chi connectivity index (χ1v) is 5.51. The second-order valence-corrected chi connectivity index (χ2v) is 4.79. The van der Waals surface area contributed by atoms with Gasteiger partial charge in [-0.3, -0.25) is 4.79 Å². The number of nitrogens with one attached hydrogen (secondary N) is 1. The topological polar surface area (TPSA) is 29.1 Å². The second-order valence-electron chi connectivity index (χ2n) is 4.79. The number of carbonyl (C=O) groups is 1. The average Bonchev–Trinajstić information content (AvgIpc) is 2.55. The lowest BCUT2D eigenvalue weighted by molar-refractivity contribution is -0.124. The summed E-state index contributed by atoms with van der Waals surface area (Å²) >= 11 is 0. The first kappa shape index (κ1) is 9.04. The first-order chi connectivity index (χ1) is 6.24. The van der Waals surface area contributed by atoms with E-state index in [9.17, 15) is 4.79 Å². The highest BCUT2D eigenvalue weighted by Gasteiger charge is 2.40. The van der Waals surface area contributed by atoms with Crippen molar-refractivity contribution in [2.75, 3.05) is 6.54 Å². The smallest absolute Gasteiger partial charge is 0.220 e. The van der Waals surface area contributed by atoms with Gasteiger partial charge in [0.2, 0.25) is 5.91 Å². The molecule has 0 bridgehead atoms. The van der Waals surface area contributed by atoms with Crippen molar-refractivity contribution in [1.82, 2.24) is 5.32 Å². The Hall–Kier alpha value is -0.530. The molecule has 2 heteroatoms. The maximum absolute atomic E-state index is 11.0. The van der Waals surface area contributed by atoms with E-state index in [1.165, 1.54) is 25.7 Å². The van der Waals surface area contributed by atoms with Crippen molar-refractivity contribution in [2.45, 2.75) is 45.4 Å². The minimum absolute atomic E-state index is 0.255. The molecule has 0 aromatic rings. The van der Waals surface area contributed by atoms with Crippen LogP contribution in [-0.2, 0) is 4.79 Å². The van der Waals surface area contributed by atoms with Crippen LogP contribution in [0.4, 0.5) is 0 Å². The maximum Gasteiger partial charge on any atom is 0.220 e. The molecule has 2 fully saturated rings. The summed E-state index contributed by atoms with van der Waals surface area (Å²) in [5.41, 5.74) is 0.495. The molecule has 2 nitrogen and oxygen atoms in total. The van der Waals surface area contributed by atoms with E-state index in [1.54, 1.807) is 0 Å². The van der Waals surface area contributed by atoms with E-state index >= 15 is 0 Å². The molecule has 1 aliphatic heterocycles. The van der Waals surface area contributed by atoms with Gasteiger partial charge in [0.1, 0.15) is 0 Å². The van der Waals surface area contributed by atoms with Crippen LogP contribution < -0.4 is 5.32 Å². The molecular weight excluding hydrogens is 162 g/mol. The van der Waals surface area contributed by atoms with Crippen molar-refractivity contribution in [3.8, 4) is 0 Å². The summed E-state index contributed by atoms with van der Waals surface area (Å²) in [6.45, 7) is 3.23. The number of hydrogen-bond acceptors (Lipinski definition) is 1. The number of piperidine rings is 1. The van der Waals surface area contributed by atoms with Crippen molar-refractivity contribution in [1.29, 1.82) is 0 Å². The average molecular weight is 181 g/mol. The van der Waals surface area contributed by atoms with Crippen molar-refractivity contribution < 1.29 is 4.79 Å². The van der Waals surface area contributed by atoms with Crippen LogP contribution in [0.15, 0.2) is 0 Å². The molecule has 1 saturated heterocycles. The molecular formula is C11H19NO. The fourth-order valence-corrected chi connectivity index (χ4v) is 2.90. The highest BCUT2D eigenvalue weighted by Crippen LogP contribution is 2.46. The van der Waals surface area contributed by atoms with E-state index in [-0.39, 0.29) is 5.91 Å². The zero-order valence-electron chi connectivity index (χ0n) is 8.44. The fraction of sp³-hybridized carbons (Fsp3) is 0.909. The first-order valence-electron chi connectivity index (χ1n) is 5.51. The molecule has 0 aromatic heterocycles. The minimum atomic E-state index is 0.255. The summed E-state index contributed by atoms with van der Waals surface area (Å²) in [4.78, 5) is 11.0. The van der Waals surface area contributed by atoms with Crippen molar-refractivity contribution >= 4 is 5.91 Å². The minimum Gasteiger partial charge on any atom is -0.356 e. The third-order valence-corrected chi connectivity index (χ3v) is 3.92. The predicted molar refractivity (Wildman–Crippen MR) is 52.3 cm³/mol. The molecule has 0 aromatic carbocycles. The van der Waals surface area contributed by atoms with Gasteiger partial charge >= 0.3 is 0 Å². The summed E-state index contributed by atoms with van der Waals surface area (Å²) in [5.74, 6) is 1.18. The van der Waals surface area contributed by atoms with Gasteiger partial charge in [0, 0.05) is 13.0 Å². The van der Waals surface area contributed by atoms with Crippen LogP contribution in [0.3, 0.4) is 0 Å². The Kier molecular flexibility index (Phi) is 2.31. The predicted octanol–water partition coefficient (Wildman–Crippen LogP) is 2.09. The Morgan fingerprint density at radius 1 is 1.54 bits per heavy atom. The highest BCUT2D eigenvalue weighted by atomic mass is 16.1. The van der Waals surface area contributed by atoms with Crippen molar-refractivity contribution in [2.24, 2.45) is 11.3 Å². The molecule has 1 amide bonds. The van der Waals surface area contributed by atoms with Gasteiger partial charge in [-0.1, -0.05) is 13.3 Å². The Labute approximate surface area is 80.1 Å². The molecule has 74 valence electrons. The summed E-state index contributed by atoms with van der Waals surface area (Å²) in [7, 11) is 0. The Bertz CT molecular complexity index is 202. The molecule has 13 heavy (non-hydrogen) atoms. The van der Waals surface area contributed by atoms with Crippen LogP contribution in [-0.4, -0.2) is 12.5 Å². The van der Waals surface area contributed by atoms with Gasteiger partial charge in [0.15, 0.2) is 0 Å². The molecule has 1 aliphatic carbocycles. The van der Waals surface area contributed by atoms with Gasteiger partial charge in [-0.25, -0.2) is 0 Å². The van der Waals surface area contributed by atoms with E-state index in [2.05, 4.69) is 12.2 Å². The van der Waals surface area contributed by atoms with E-state index in [0.29, 0.717) is 5.41 Å². The third-order valence-electron chi connectivity index (χ3n) is 3.92. The summed E-state index contributed by atoms with van der Waals surface area (Å²) in [6.07, 6.45) is 7.28. The standard InChI is InChI=1S/C11H19NO/c1-2-9-3-5-11(7-9)6-4-10(13)12-8-11/h9H,2-8H2,1H3,(H,12,13). The second kappa shape index (κ2) is 3.32. The zero-order chi connectivity index (χ0) is 9.31. The molecule has 2 aliphatic rings. The van der Waals surface area contributed by atoms with Crippen LogP contribution in [0.2, 0.25) is 0 Å². The molecule has 1 saturated carbocycles. The van der Waals surface area contributed by atoms with E-state index in [0.717, 1.165) is 25.3 Å². The number of hydrogen-bond donors (Lipinski definition) is 1. The Balaban J connectivity index is 1.95. The lowest BCUT2D eigenvalue weighted by Gasteiger charge is -2.33. The fourth-order valence-electron chi connectivity index (χ4n) is 2.90. The zero-order valence-corrected chi connectivity index (χ0v) is 8.44. The van der Waals surface area contributed by atoms with E-state index in [1.807, 2.05) is 0 Å². The van der Waals surface area contributed by atoms with Gasteiger partial charge < -0.3 is 5.32 Å². The van der Waals surface area contributed by atoms with Gasteiger partial charge in [-0.2, -0.15) is 0 Å². The largest absolute Gasteiger partial charge is 0.356 e. The van der Waals surface area contributed by atoms with Gasteiger partial charge in [0.05, 0.1) is 0 Å². The summed E-state index contributed by atoms with van der Waals surface area (Å²) < 4.78 is 0. The van der Waals surface area contributed by atoms with Crippen LogP contribution >= 0.6 is 0 Å². The molecule has 2 unspecified atom stereocenters.